The fraction of sp³-hybridized carbons (Fsp3) is 0.333. The number of hydrogen-bond acceptors (Lipinski definition) is 4. The zero-order chi connectivity index (χ0) is 20.6. The average Bonchev–Trinajstić information content (AvgIpc) is 2.78. The topological polar surface area (TPSA) is 67.4 Å². The first-order valence-corrected chi connectivity index (χ1v) is 12.1. The Bertz CT molecular complexity index is 1170. The third kappa shape index (κ3) is 3.77. The summed E-state index contributed by atoms with van der Waals surface area (Å²) < 4.78 is 34.7. The van der Waals surface area contributed by atoms with E-state index < -0.39 is 10.0 Å². The van der Waals surface area contributed by atoms with E-state index in [2.05, 4.69) is 10.0 Å². The Morgan fingerprint density at radius 1 is 0.900 bits per heavy atom. The molecule has 156 valence electrons. The van der Waals surface area contributed by atoms with Crippen molar-refractivity contribution in [2.45, 2.75) is 30.1 Å². The number of fused-ring (bicyclic) bond motifs is 2. The van der Waals surface area contributed by atoms with Crippen LogP contribution in [0.5, 0.6) is 5.75 Å². The lowest BCUT2D eigenvalue weighted by molar-refractivity contribution is 0.216. The first-order valence-electron chi connectivity index (χ1n) is 10.6. The van der Waals surface area contributed by atoms with Crippen LogP contribution in [0.2, 0.25) is 0 Å². The van der Waals surface area contributed by atoms with Crippen LogP contribution in [0.15, 0.2) is 65.6 Å². The minimum absolute atomic E-state index is 0.269. The number of anilines is 1. The van der Waals surface area contributed by atoms with Crippen LogP contribution >= 0.6 is 0 Å². The highest BCUT2D eigenvalue weighted by atomic mass is 32.2. The molecule has 6 heteroatoms. The number of sulfonamides is 1. The molecule has 0 saturated carbocycles. The molecule has 1 atom stereocenters. The Balaban J connectivity index is 1.44. The molecule has 1 fully saturated rings. The summed E-state index contributed by atoms with van der Waals surface area (Å²) in [7, 11) is -3.67. The van der Waals surface area contributed by atoms with Gasteiger partial charge in [0.1, 0.15) is 5.75 Å². The largest absolute Gasteiger partial charge is 0.493 e. The van der Waals surface area contributed by atoms with Crippen molar-refractivity contribution < 1.29 is 13.2 Å². The Morgan fingerprint density at radius 3 is 2.53 bits per heavy atom. The lowest BCUT2D eigenvalue weighted by atomic mass is 9.77. The zero-order valence-corrected chi connectivity index (χ0v) is 17.6. The number of rotatable bonds is 4. The first kappa shape index (κ1) is 19.4. The molecule has 3 aromatic carbocycles. The second-order valence-corrected chi connectivity index (χ2v) is 9.88. The van der Waals surface area contributed by atoms with Gasteiger partial charge < -0.3 is 10.1 Å². The number of benzene rings is 3. The summed E-state index contributed by atoms with van der Waals surface area (Å²) in [6.45, 7) is 2.82. The van der Waals surface area contributed by atoms with Gasteiger partial charge in [-0.05, 0) is 90.9 Å². The fourth-order valence-electron chi connectivity index (χ4n) is 4.77. The van der Waals surface area contributed by atoms with Gasteiger partial charge >= 0.3 is 0 Å². The smallest absolute Gasteiger partial charge is 0.261 e. The van der Waals surface area contributed by atoms with E-state index in [-0.39, 0.29) is 4.90 Å². The van der Waals surface area contributed by atoms with Gasteiger partial charge in [-0.1, -0.05) is 30.3 Å². The van der Waals surface area contributed by atoms with Crippen molar-refractivity contribution in [1.82, 2.24) is 5.32 Å². The van der Waals surface area contributed by atoms with E-state index in [1.807, 2.05) is 42.5 Å². The molecule has 0 aromatic heterocycles. The number of hydrogen-bond donors (Lipinski definition) is 2. The Kier molecular flexibility index (Phi) is 5.13. The van der Waals surface area contributed by atoms with Gasteiger partial charge in [-0.2, -0.15) is 0 Å². The highest BCUT2D eigenvalue weighted by Gasteiger charge is 2.30. The Morgan fingerprint density at radius 2 is 1.70 bits per heavy atom. The van der Waals surface area contributed by atoms with Crippen molar-refractivity contribution in [3.05, 3.63) is 66.2 Å². The predicted molar refractivity (Wildman–Crippen MR) is 120 cm³/mol. The van der Waals surface area contributed by atoms with E-state index in [0.29, 0.717) is 17.5 Å². The maximum atomic E-state index is 13.0. The van der Waals surface area contributed by atoms with E-state index >= 15 is 0 Å². The van der Waals surface area contributed by atoms with Gasteiger partial charge in [0.15, 0.2) is 0 Å². The predicted octanol–water partition coefficient (Wildman–Crippen LogP) is 4.51. The van der Waals surface area contributed by atoms with Crippen molar-refractivity contribution in [3.63, 3.8) is 0 Å². The molecule has 1 saturated heterocycles. The van der Waals surface area contributed by atoms with Crippen molar-refractivity contribution in [2.24, 2.45) is 5.92 Å². The summed E-state index contributed by atoms with van der Waals surface area (Å²) in [4.78, 5) is 0.269. The van der Waals surface area contributed by atoms with Crippen molar-refractivity contribution in [2.75, 3.05) is 24.4 Å². The van der Waals surface area contributed by atoms with Crippen LogP contribution in [0.25, 0.3) is 10.8 Å². The molecule has 0 bridgehead atoms. The van der Waals surface area contributed by atoms with Crippen LogP contribution in [-0.4, -0.2) is 28.1 Å². The van der Waals surface area contributed by atoms with Crippen LogP contribution < -0.4 is 14.8 Å². The Labute approximate surface area is 177 Å². The number of ether oxygens (including phenoxy) is 1. The second-order valence-electron chi connectivity index (χ2n) is 8.20. The zero-order valence-electron chi connectivity index (χ0n) is 16.8. The van der Waals surface area contributed by atoms with E-state index in [4.69, 9.17) is 4.74 Å². The molecule has 30 heavy (non-hydrogen) atoms. The highest BCUT2D eigenvalue weighted by molar-refractivity contribution is 7.92. The molecule has 5 rings (SSSR count). The second kappa shape index (κ2) is 7.93. The van der Waals surface area contributed by atoms with E-state index in [1.165, 1.54) is 0 Å². The van der Waals surface area contributed by atoms with Crippen LogP contribution in [0.4, 0.5) is 5.69 Å². The standard InChI is InChI=1S/C24H26N2O3S/c27-30(28,21-7-5-17-3-1-2-4-19(17)15-21)26-20-6-8-24-23(16-20)22(11-14-29-24)18-9-12-25-13-10-18/h1-8,15-16,18,22,25-26H,9-14H2. The third-order valence-electron chi connectivity index (χ3n) is 6.33. The average molecular weight is 423 g/mol. The Hall–Kier alpha value is -2.57. The molecule has 2 N–H and O–H groups in total. The van der Waals surface area contributed by atoms with Crippen LogP contribution in [-0.2, 0) is 10.0 Å². The maximum Gasteiger partial charge on any atom is 0.261 e. The lowest BCUT2D eigenvalue weighted by Crippen LogP contribution is -2.32. The molecule has 3 aromatic rings. The SMILES string of the molecule is O=S(=O)(Nc1ccc2c(c1)C(C1CCNCC1)CCO2)c1ccc2ccccc2c1. The van der Waals surface area contributed by atoms with Gasteiger partial charge in [0, 0.05) is 5.69 Å². The molecule has 0 radical (unpaired) electrons. The van der Waals surface area contributed by atoms with Crippen molar-refractivity contribution in [1.29, 1.82) is 0 Å². The van der Waals surface area contributed by atoms with E-state index in [0.717, 1.165) is 61.0 Å². The van der Waals surface area contributed by atoms with Gasteiger partial charge in [-0.15, -0.1) is 0 Å². The molecule has 2 heterocycles. The molecule has 0 amide bonds. The summed E-state index contributed by atoms with van der Waals surface area (Å²) in [6.07, 6.45) is 3.28. The van der Waals surface area contributed by atoms with Crippen LogP contribution in [0.3, 0.4) is 0 Å². The summed E-state index contributed by atoms with van der Waals surface area (Å²) in [5, 5.41) is 5.36. The molecular formula is C24H26N2O3S. The minimum atomic E-state index is -3.67. The first-order chi connectivity index (χ1) is 14.6. The molecule has 2 aliphatic rings. The van der Waals surface area contributed by atoms with Gasteiger partial charge in [0.2, 0.25) is 0 Å². The molecule has 1 unspecified atom stereocenters. The lowest BCUT2D eigenvalue weighted by Gasteiger charge is -2.35. The summed E-state index contributed by atoms with van der Waals surface area (Å²) in [5.74, 6) is 1.92. The van der Waals surface area contributed by atoms with E-state index in [1.54, 1.807) is 18.2 Å². The molecule has 0 aliphatic carbocycles. The highest BCUT2D eigenvalue weighted by Crippen LogP contribution is 2.42. The summed E-state index contributed by atoms with van der Waals surface area (Å²) in [6, 6.07) is 18.7. The minimum Gasteiger partial charge on any atom is -0.493 e. The maximum absolute atomic E-state index is 13.0. The van der Waals surface area contributed by atoms with Gasteiger partial charge in [-0.3, -0.25) is 4.72 Å². The molecular weight excluding hydrogens is 396 g/mol. The molecule has 2 aliphatic heterocycles. The summed E-state index contributed by atoms with van der Waals surface area (Å²) in [5.41, 5.74) is 1.72. The van der Waals surface area contributed by atoms with Crippen LogP contribution in [0.1, 0.15) is 30.7 Å². The van der Waals surface area contributed by atoms with Gasteiger partial charge in [0.05, 0.1) is 11.5 Å². The van der Waals surface area contributed by atoms with Crippen LogP contribution in [0, 0.1) is 5.92 Å². The summed E-state index contributed by atoms with van der Waals surface area (Å²) >= 11 is 0. The van der Waals surface area contributed by atoms with Crippen molar-refractivity contribution >= 4 is 26.5 Å². The number of piperidine rings is 1. The van der Waals surface area contributed by atoms with Crippen molar-refractivity contribution in [3.8, 4) is 5.75 Å². The monoisotopic (exact) mass is 422 g/mol. The molecule has 0 spiro atoms. The third-order valence-corrected chi connectivity index (χ3v) is 7.71. The fourth-order valence-corrected chi connectivity index (χ4v) is 5.85. The van der Waals surface area contributed by atoms with E-state index in [9.17, 15) is 8.42 Å². The molecule has 5 nitrogen and oxygen atoms in total. The number of nitrogens with one attached hydrogen (secondary N) is 2. The van der Waals surface area contributed by atoms with Gasteiger partial charge in [0.25, 0.3) is 10.0 Å². The van der Waals surface area contributed by atoms with Gasteiger partial charge in [-0.25, -0.2) is 8.42 Å². The quantitative estimate of drug-likeness (QED) is 0.649. The normalized spacial score (nSPS) is 19.8.